The van der Waals surface area contributed by atoms with Crippen LogP contribution in [0.2, 0.25) is 0 Å². The molecule has 11 nitrogen and oxygen atoms in total. The number of phenols is 2. The van der Waals surface area contributed by atoms with Gasteiger partial charge in [0.1, 0.15) is 23.3 Å². The van der Waals surface area contributed by atoms with E-state index in [1.54, 1.807) is 38.3 Å². The number of hydrogen-bond acceptors (Lipinski definition) is 9. The van der Waals surface area contributed by atoms with Gasteiger partial charge in [-0.2, -0.15) is 0 Å². The van der Waals surface area contributed by atoms with Crippen LogP contribution in [-0.2, 0) is 25.4 Å². The fourth-order valence-corrected chi connectivity index (χ4v) is 4.92. The van der Waals surface area contributed by atoms with Crippen LogP contribution in [0.25, 0.3) is 0 Å². The number of rotatable bonds is 5. The number of carbonyl (C=O) groups is 2. The molecule has 232 valence electrons. The van der Waals surface area contributed by atoms with Crippen molar-refractivity contribution in [2.24, 2.45) is 22.6 Å². The van der Waals surface area contributed by atoms with Crippen molar-refractivity contribution in [1.82, 2.24) is 0 Å². The summed E-state index contributed by atoms with van der Waals surface area (Å²) in [6.45, 7) is 8.98. The first-order valence-corrected chi connectivity index (χ1v) is 14.0. The number of aromatic hydroxyl groups is 2. The second-order valence-electron chi connectivity index (χ2n) is 10.7. The molecule has 0 aliphatic carbocycles. The molecule has 1 unspecified atom stereocenters. The third-order valence-corrected chi connectivity index (χ3v) is 7.20. The maximum absolute atomic E-state index is 13.0. The number of nitrogens with one attached hydrogen (secondary N) is 1. The van der Waals surface area contributed by atoms with Gasteiger partial charge in [0.05, 0.1) is 17.9 Å². The Bertz CT molecular complexity index is 1220. The fourth-order valence-electron chi connectivity index (χ4n) is 4.92. The van der Waals surface area contributed by atoms with Gasteiger partial charge in [-0.05, 0) is 44.6 Å². The number of phenolic OH excluding ortho intramolecular Hbond substituents is 2. The summed E-state index contributed by atoms with van der Waals surface area (Å²) < 4.78 is 16.6. The largest absolute Gasteiger partial charge is 0.506 e. The second-order valence-corrected chi connectivity index (χ2v) is 10.7. The van der Waals surface area contributed by atoms with Gasteiger partial charge in [-0.3, -0.25) is 9.79 Å². The molecule has 2 amide bonds. The molecule has 2 rings (SSSR count). The lowest BCUT2D eigenvalue weighted by Gasteiger charge is -2.29. The van der Waals surface area contributed by atoms with Gasteiger partial charge >= 0.3 is 6.09 Å². The van der Waals surface area contributed by atoms with Crippen molar-refractivity contribution in [3.63, 3.8) is 0 Å². The molecular formula is C31H45N3O8. The number of ether oxygens (including phenoxy) is 3. The molecule has 0 saturated carbocycles. The molecule has 1 aliphatic rings. The number of carbonyl (C=O) groups excluding carboxylic acids is 2. The van der Waals surface area contributed by atoms with Gasteiger partial charge in [-0.1, -0.05) is 45.1 Å². The highest BCUT2D eigenvalue weighted by atomic mass is 16.6. The molecule has 1 aromatic rings. The molecule has 0 aromatic heterocycles. The van der Waals surface area contributed by atoms with Crippen LogP contribution in [0.1, 0.15) is 53.0 Å². The normalized spacial score (nSPS) is 26.4. The number of benzene rings is 1. The number of nitrogens with zero attached hydrogens (tertiary/aromatic N) is 1. The molecule has 0 fully saturated rings. The molecule has 1 aliphatic heterocycles. The number of fused-ring (bicyclic) bond motifs is 2. The highest BCUT2D eigenvalue weighted by molar-refractivity contribution is 6.04. The average Bonchev–Trinajstić information content (AvgIpc) is 2.94. The van der Waals surface area contributed by atoms with Crippen LogP contribution >= 0.6 is 0 Å². The lowest BCUT2D eigenvalue weighted by molar-refractivity contribution is -0.112. The average molecular weight is 588 g/mol. The molecule has 6 N–H and O–H groups in total. The van der Waals surface area contributed by atoms with Crippen molar-refractivity contribution in [3.05, 3.63) is 47.1 Å². The monoisotopic (exact) mass is 587 g/mol. The first-order valence-electron chi connectivity index (χ1n) is 14.0. The second kappa shape index (κ2) is 16.1. The zero-order valence-electron chi connectivity index (χ0n) is 25.5. The van der Waals surface area contributed by atoms with E-state index in [0.29, 0.717) is 29.6 Å². The Balaban J connectivity index is 2.69. The van der Waals surface area contributed by atoms with E-state index in [2.05, 4.69) is 10.3 Å². The molecule has 1 aromatic carbocycles. The highest BCUT2D eigenvalue weighted by Gasteiger charge is 2.30. The predicted octanol–water partition coefficient (Wildman–Crippen LogP) is 4.67. The smallest absolute Gasteiger partial charge is 0.405 e. The minimum Gasteiger partial charge on any atom is -0.506 e. The summed E-state index contributed by atoms with van der Waals surface area (Å²) in [6, 6.07) is 1.26. The van der Waals surface area contributed by atoms with Gasteiger partial charge in [0, 0.05) is 43.6 Å². The predicted molar refractivity (Wildman–Crippen MR) is 162 cm³/mol. The summed E-state index contributed by atoms with van der Waals surface area (Å²) >= 11 is 0. The molecule has 1 heterocycles. The van der Waals surface area contributed by atoms with Gasteiger partial charge < -0.3 is 40.6 Å². The maximum Gasteiger partial charge on any atom is 0.405 e. The van der Waals surface area contributed by atoms with Crippen LogP contribution in [0, 0.1) is 11.8 Å². The maximum atomic E-state index is 13.0. The first kappa shape index (κ1) is 34.5. The number of allylic oxidation sites excluding steroid dienone is 2. The van der Waals surface area contributed by atoms with Gasteiger partial charge in [0.25, 0.3) is 5.91 Å². The Labute approximate surface area is 247 Å². The summed E-state index contributed by atoms with van der Waals surface area (Å²) in [5.74, 6) is -1.47. The zero-order chi connectivity index (χ0) is 31.6. The van der Waals surface area contributed by atoms with Gasteiger partial charge in [0.15, 0.2) is 6.10 Å². The minimum atomic E-state index is -0.989. The van der Waals surface area contributed by atoms with E-state index in [4.69, 9.17) is 19.9 Å². The van der Waals surface area contributed by atoms with E-state index in [-0.39, 0.29) is 35.2 Å². The third-order valence-electron chi connectivity index (χ3n) is 7.20. The molecule has 0 saturated heterocycles. The summed E-state index contributed by atoms with van der Waals surface area (Å²) in [7, 11) is 2.95. The summed E-state index contributed by atoms with van der Waals surface area (Å²) in [5, 5.41) is 36.0. The van der Waals surface area contributed by atoms with Crippen LogP contribution in [-0.4, -0.2) is 72.2 Å². The highest BCUT2D eigenvalue weighted by Crippen LogP contribution is 2.44. The van der Waals surface area contributed by atoms with Crippen molar-refractivity contribution >= 4 is 29.6 Å². The quantitative estimate of drug-likeness (QED) is 0.143. The number of aliphatic hydroxyl groups is 1. The van der Waals surface area contributed by atoms with E-state index in [9.17, 15) is 24.9 Å². The Morgan fingerprint density at radius 2 is 1.90 bits per heavy atom. The first-order chi connectivity index (χ1) is 19.8. The number of hydrogen-bond donors (Lipinski definition) is 5. The minimum absolute atomic E-state index is 0.0336. The number of primary amides is 1. The lowest BCUT2D eigenvalue weighted by Crippen LogP contribution is -2.37. The number of aliphatic hydroxyl groups excluding tert-OH is 1. The number of amides is 2. The van der Waals surface area contributed by atoms with E-state index in [0.717, 1.165) is 0 Å². The van der Waals surface area contributed by atoms with E-state index in [1.807, 2.05) is 20.8 Å². The molecule has 11 heteroatoms. The summed E-state index contributed by atoms with van der Waals surface area (Å²) in [6.07, 6.45) is 5.24. The van der Waals surface area contributed by atoms with Crippen molar-refractivity contribution < 1.29 is 39.1 Å². The van der Waals surface area contributed by atoms with Crippen LogP contribution in [0.3, 0.4) is 0 Å². The molecule has 0 radical (unpaired) electrons. The topological polar surface area (TPSA) is 173 Å². The van der Waals surface area contributed by atoms with E-state index >= 15 is 0 Å². The Morgan fingerprint density at radius 3 is 2.50 bits per heavy atom. The fraction of sp³-hybridized carbons (Fsp3) is 0.516. The third kappa shape index (κ3) is 9.17. The Hall–Kier alpha value is -3.67. The molecule has 6 atom stereocenters. The molecule has 42 heavy (non-hydrogen) atoms. The van der Waals surface area contributed by atoms with Crippen molar-refractivity contribution in [1.29, 1.82) is 0 Å². The van der Waals surface area contributed by atoms with Crippen LogP contribution < -0.4 is 11.1 Å². The molecule has 2 bridgehead atoms. The number of anilines is 1. The Kier molecular flexibility index (Phi) is 13.2. The summed E-state index contributed by atoms with van der Waals surface area (Å²) in [5.41, 5.74) is 6.86. The lowest BCUT2D eigenvalue weighted by atomic mass is 9.87. The standard InChI is InChI=1S/C31H45N3O8/c1-8-12-33-26-21-13-17(2)14-25(41-7)27(36)19(4)15-20(5)29(42-31(32)39)24(40-6)11-9-10-18(3)30(38)34-22(28(21)37)16-23(26)35/h9-12,15-17,19,24-25,27,29,35-37H,8,13-14H2,1-7H3,(H2,32,39)(H,34,38)/t17-,19+,24?,25+,27-,29+/m1/s1. The molecule has 0 spiro atoms. The van der Waals surface area contributed by atoms with Crippen LogP contribution in [0.15, 0.2) is 46.5 Å². The number of aliphatic imine (C=N–C) groups is 1. The van der Waals surface area contributed by atoms with Crippen LogP contribution in [0.4, 0.5) is 16.2 Å². The SMILES string of the molecule is CCC=Nc1c(O)cc2c(O)c1C[C@@H](C)C[C@H](OC)[C@H](O)[C@@H](C)C=C(C)[C@H](OC(N)=O)C(OC)C=CC=C(C)C(=O)N2. The van der Waals surface area contributed by atoms with Crippen molar-refractivity contribution in [2.45, 2.75) is 78.3 Å². The van der Waals surface area contributed by atoms with Gasteiger partial charge in [0.2, 0.25) is 0 Å². The van der Waals surface area contributed by atoms with E-state index in [1.165, 1.54) is 26.4 Å². The van der Waals surface area contributed by atoms with Crippen molar-refractivity contribution in [2.75, 3.05) is 19.5 Å². The van der Waals surface area contributed by atoms with Crippen molar-refractivity contribution in [3.8, 4) is 11.5 Å². The van der Waals surface area contributed by atoms with E-state index < -0.39 is 42.3 Å². The Morgan fingerprint density at radius 1 is 1.21 bits per heavy atom. The number of methoxy groups -OCH3 is 2. The summed E-state index contributed by atoms with van der Waals surface area (Å²) in [4.78, 5) is 29.1. The number of nitrogens with two attached hydrogens (primary N) is 1. The molecular weight excluding hydrogens is 542 g/mol. The van der Waals surface area contributed by atoms with Gasteiger partial charge in [-0.25, -0.2) is 4.79 Å². The zero-order valence-corrected chi connectivity index (χ0v) is 25.5. The van der Waals surface area contributed by atoms with Crippen LogP contribution in [0.5, 0.6) is 11.5 Å². The van der Waals surface area contributed by atoms with Gasteiger partial charge in [-0.15, -0.1) is 0 Å².